The minimum absolute atomic E-state index is 0.134. The van der Waals surface area contributed by atoms with E-state index in [9.17, 15) is 22.8 Å². The molecule has 1 heterocycles. The van der Waals surface area contributed by atoms with E-state index < -0.39 is 35.4 Å². The fourth-order valence-electron chi connectivity index (χ4n) is 4.07. The van der Waals surface area contributed by atoms with Gasteiger partial charge in [-0.2, -0.15) is 13.2 Å². The number of aromatic nitrogens is 1. The molecule has 37 heavy (non-hydrogen) atoms. The second kappa shape index (κ2) is 10.5. The van der Waals surface area contributed by atoms with E-state index in [1.54, 1.807) is 43.3 Å². The zero-order valence-corrected chi connectivity index (χ0v) is 20.6. The minimum Gasteiger partial charge on any atom is -0.444 e. The Hall–Kier alpha value is -4.04. The molecule has 0 aliphatic rings. The number of anilines is 1. The molecule has 0 radical (unpaired) electrons. The molecule has 0 fully saturated rings. The number of rotatable bonds is 6. The molecule has 1 aromatic heterocycles. The van der Waals surface area contributed by atoms with Crippen LogP contribution < -0.4 is 5.32 Å². The van der Waals surface area contributed by atoms with Crippen molar-refractivity contribution in [2.45, 2.75) is 26.1 Å². The summed E-state index contributed by atoms with van der Waals surface area (Å²) < 4.78 is 48.2. The van der Waals surface area contributed by atoms with E-state index in [0.717, 1.165) is 23.5 Å². The lowest BCUT2D eigenvalue weighted by atomic mass is 10.1. The van der Waals surface area contributed by atoms with E-state index in [1.807, 2.05) is 41.8 Å². The van der Waals surface area contributed by atoms with Crippen molar-refractivity contribution in [3.05, 3.63) is 118 Å². The number of benzene rings is 3. The number of halogens is 4. The normalized spacial score (nSPS) is 12.2. The zero-order chi connectivity index (χ0) is 26.7. The number of carbonyl (C=O) groups is 2. The number of amides is 1. The van der Waals surface area contributed by atoms with Gasteiger partial charge in [-0.25, -0.2) is 4.79 Å². The first kappa shape index (κ1) is 26.0. The number of alkyl halides is 3. The fourth-order valence-corrected chi connectivity index (χ4v) is 4.25. The van der Waals surface area contributed by atoms with Gasteiger partial charge in [0.1, 0.15) is 0 Å². The van der Waals surface area contributed by atoms with Crippen molar-refractivity contribution in [2.24, 2.45) is 0 Å². The van der Waals surface area contributed by atoms with Crippen LogP contribution in [0.5, 0.6) is 0 Å². The van der Waals surface area contributed by atoms with Gasteiger partial charge in [0, 0.05) is 27.7 Å². The van der Waals surface area contributed by atoms with Gasteiger partial charge in [0.25, 0.3) is 5.91 Å². The van der Waals surface area contributed by atoms with Crippen molar-refractivity contribution in [1.82, 2.24) is 4.57 Å². The van der Waals surface area contributed by atoms with Crippen LogP contribution in [0.2, 0.25) is 5.02 Å². The molecule has 1 atom stereocenters. The van der Waals surface area contributed by atoms with E-state index in [2.05, 4.69) is 5.32 Å². The quantitative estimate of drug-likeness (QED) is 0.268. The predicted octanol–water partition coefficient (Wildman–Crippen LogP) is 7.30. The van der Waals surface area contributed by atoms with Gasteiger partial charge in [0.05, 0.1) is 16.8 Å². The molecule has 9 heteroatoms. The summed E-state index contributed by atoms with van der Waals surface area (Å²) in [6.07, 6.45) is -6.27. The Morgan fingerprint density at radius 1 is 0.919 bits per heavy atom. The summed E-state index contributed by atoms with van der Waals surface area (Å²) >= 11 is 5.74. The Morgan fingerprint density at radius 3 is 2.16 bits per heavy atom. The highest BCUT2D eigenvalue weighted by molar-refractivity contribution is 6.30. The molecule has 4 aromatic rings. The number of hydrogen-bond donors (Lipinski definition) is 1. The van der Waals surface area contributed by atoms with Gasteiger partial charge >= 0.3 is 12.1 Å². The van der Waals surface area contributed by atoms with Gasteiger partial charge in [0.2, 0.25) is 6.10 Å². The highest BCUT2D eigenvalue weighted by atomic mass is 35.5. The van der Waals surface area contributed by atoms with Crippen molar-refractivity contribution in [3.63, 3.8) is 0 Å². The first-order valence-corrected chi connectivity index (χ1v) is 11.6. The molecule has 3 aromatic carbocycles. The van der Waals surface area contributed by atoms with Crippen LogP contribution in [0.4, 0.5) is 18.9 Å². The van der Waals surface area contributed by atoms with Crippen molar-refractivity contribution in [2.75, 3.05) is 5.32 Å². The van der Waals surface area contributed by atoms with Gasteiger partial charge in [-0.15, -0.1) is 0 Å². The van der Waals surface area contributed by atoms with E-state index in [4.69, 9.17) is 16.3 Å². The molecule has 4 rings (SSSR count). The summed E-state index contributed by atoms with van der Waals surface area (Å²) in [5, 5.41) is 2.12. The van der Waals surface area contributed by atoms with Crippen molar-refractivity contribution in [3.8, 4) is 5.69 Å². The lowest BCUT2D eigenvalue weighted by Gasteiger charge is -2.20. The second-order valence-electron chi connectivity index (χ2n) is 8.33. The molecular formula is C28H22ClF3N2O3. The number of ether oxygens (including phenoxy) is 1. The van der Waals surface area contributed by atoms with Gasteiger partial charge in [0.15, 0.2) is 0 Å². The molecule has 0 saturated carbocycles. The van der Waals surface area contributed by atoms with Crippen LogP contribution in [0.1, 0.15) is 39.0 Å². The highest BCUT2D eigenvalue weighted by Gasteiger charge is 2.35. The first-order valence-electron chi connectivity index (χ1n) is 11.2. The maximum Gasteiger partial charge on any atom is 0.418 e. The summed E-state index contributed by atoms with van der Waals surface area (Å²) in [6, 6.07) is 22.1. The maximum absolute atomic E-state index is 13.6. The van der Waals surface area contributed by atoms with Gasteiger partial charge in [-0.3, -0.25) is 4.79 Å². The third kappa shape index (κ3) is 5.70. The smallest absolute Gasteiger partial charge is 0.418 e. The summed E-state index contributed by atoms with van der Waals surface area (Å²) in [6.45, 7) is 3.58. The van der Waals surface area contributed by atoms with Crippen LogP contribution >= 0.6 is 11.6 Å². The molecule has 0 aliphatic carbocycles. The number of nitrogens with one attached hydrogen (secondary N) is 1. The van der Waals surface area contributed by atoms with Gasteiger partial charge in [-0.1, -0.05) is 60.1 Å². The minimum atomic E-state index is -4.76. The Morgan fingerprint density at radius 2 is 1.54 bits per heavy atom. The van der Waals surface area contributed by atoms with Crippen LogP contribution in [-0.2, 0) is 15.7 Å². The van der Waals surface area contributed by atoms with Crippen molar-refractivity contribution in [1.29, 1.82) is 0 Å². The molecular weight excluding hydrogens is 505 g/mol. The topological polar surface area (TPSA) is 60.3 Å². The Kier molecular flexibility index (Phi) is 7.40. The molecule has 1 N–H and O–H groups in total. The molecule has 0 unspecified atom stereocenters. The lowest BCUT2D eigenvalue weighted by Crippen LogP contribution is -2.27. The monoisotopic (exact) mass is 526 g/mol. The molecule has 0 bridgehead atoms. The summed E-state index contributed by atoms with van der Waals surface area (Å²) in [4.78, 5) is 26.5. The molecule has 1 amide bonds. The van der Waals surface area contributed by atoms with Gasteiger partial charge in [-0.05, 0) is 50.2 Å². The van der Waals surface area contributed by atoms with Crippen LogP contribution in [0.15, 0.2) is 84.9 Å². The number of para-hydroxylation sites is 1. The number of aryl methyl sites for hydroxylation is 1. The SMILES string of the molecule is Cc1cc(C(=O)O[C@H](C(=O)Nc2ccc(Cl)cc2C(F)(F)F)c2ccccc2)c(C)n1-c1ccccc1. The molecule has 0 aliphatic heterocycles. The highest BCUT2D eigenvalue weighted by Crippen LogP contribution is 2.37. The van der Waals surface area contributed by atoms with Gasteiger partial charge < -0.3 is 14.6 Å². The molecule has 5 nitrogen and oxygen atoms in total. The Bertz CT molecular complexity index is 1430. The Labute approximate surface area is 216 Å². The Balaban J connectivity index is 1.66. The van der Waals surface area contributed by atoms with Crippen LogP contribution in [0.25, 0.3) is 5.69 Å². The average molecular weight is 527 g/mol. The number of esters is 1. The molecule has 190 valence electrons. The van der Waals surface area contributed by atoms with Crippen molar-refractivity contribution < 1.29 is 27.5 Å². The standard InChI is InChI=1S/C28H22ClF3N2O3/c1-17-15-22(18(2)34(17)21-11-7-4-8-12-21)27(36)37-25(19-9-5-3-6-10-19)26(35)33-24-14-13-20(29)16-23(24)28(30,31)32/h3-16,25H,1-2H3,(H,33,35)/t25-/m0/s1. The number of carbonyl (C=O) groups excluding carboxylic acids is 2. The average Bonchev–Trinajstić information content (AvgIpc) is 3.17. The van der Waals surface area contributed by atoms with E-state index in [1.165, 1.54) is 6.07 Å². The van der Waals surface area contributed by atoms with E-state index >= 15 is 0 Å². The van der Waals surface area contributed by atoms with E-state index in [0.29, 0.717) is 11.3 Å². The lowest BCUT2D eigenvalue weighted by molar-refractivity contribution is -0.137. The van der Waals surface area contributed by atoms with Crippen molar-refractivity contribution >= 4 is 29.2 Å². The second-order valence-corrected chi connectivity index (χ2v) is 8.77. The zero-order valence-electron chi connectivity index (χ0n) is 19.8. The first-order chi connectivity index (χ1) is 17.6. The number of hydrogen-bond acceptors (Lipinski definition) is 3. The molecule has 0 saturated heterocycles. The van der Waals surface area contributed by atoms with Crippen LogP contribution in [-0.4, -0.2) is 16.4 Å². The summed E-state index contributed by atoms with van der Waals surface area (Å²) in [5.74, 6) is -1.73. The van der Waals surface area contributed by atoms with Crippen LogP contribution in [0.3, 0.4) is 0 Å². The summed E-state index contributed by atoms with van der Waals surface area (Å²) in [7, 11) is 0. The number of nitrogens with zero attached hydrogens (tertiary/aromatic N) is 1. The summed E-state index contributed by atoms with van der Waals surface area (Å²) in [5.41, 5.74) is 1.13. The third-order valence-electron chi connectivity index (χ3n) is 5.78. The predicted molar refractivity (Wildman–Crippen MR) is 135 cm³/mol. The largest absolute Gasteiger partial charge is 0.444 e. The third-order valence-corrected chi connectivity index (χ3v) is 6.01. The van der Waals surface area contributed by atoms with Crippen LogP contribution in [0, 0.1) is 13.8 Å². The molecule has 0 spiro atoms. The fraction of sp³-hybridized carbons (Fsp3) is 0.143. The maximum atomic E-state index is 13.6. The van der Waals surface area contributed by atoms with E-state index in [-0.39, 0.29) is 10.6 Å².